The highest BCUT2D eigenvalue weighted by Crippen LogP contribution is 2.21. The van der Waals surface area contributed by atoms with Crippen molar-refractivity contribution in [1.82, 2.24) is 14.5 Å². The minimum atomic E-state index is -3.61. The molecule has 0 saturated carbocycles. The standard InChI is InChI=1S/C22H28N4O4S/c1-2-25-13-15-26(16-14-25)31(29,30)20-10-6-9-19(17-20)24-21(27)11-12-23-22(28)18-7-4-3-5-8-18/h3-10,17H,2,11-16H2,1H3,(H,23,28)(H,24,27). The van der Waals surface area contributed by atoms with E-state index in [2.05, 4.69) is 22.5 Å². The molecule has 1 aliphatic heterocycles. The van der Waals surface area contributed by atoms with E-state index in [1.165, 1.54) is 16.4 Å². The third-order valence-electron chi connectivity index (χ3n) is 5.21. The van der Waals surface area contributed by atoms with Crippen molar-refractivity contribution in [3.63, 3.8) is 0 Å². The first-order valence-electron chi connectivity index (χ1n) is 10.4. The number of nitrogens with one attached hydrogen (secondary N) is 2. The maximum atomic E-state index is 12.9. The lowest BCUT2D eigenvalue weighted by Gasteiger charge is -2.33. The Labute approximate surface area is 183 Å². The van der Waals surface area contributed by atoms with Crippen molar-refractivity contribution < 1.29 is 18.0 Å². The normalized spacial score (nSPS) is 15.4. The Balaban J connectivity index is 1.54. The molecule has 0 spiro atoms. The van der Waals surface area contributed by atoms with Crippen LogP contribution in [-0.2, 0) is 14.8 Å². The number of hydrogen-bond acceptors (Lipinski definition) is 5. The van der Waals surface area contributed by atoms with Gasteiger partial charge in [-0.2, -0.15) is 4.31 Å². The van der Waals surface area contributed by atoms with Crippen LogP contribution >= 0.6 is 0 Å². The third-order valence-corrected chi connectivity index (χ3v) is 7.10. The third kappa shape index (κ3) is 6.13. The van der Waals surface area contributed by atoms with Crippen LogP contribution in [-0.4, -0.2) is 68.7 Å². The van der Waals surface area contributed by atoms with Gasteiger partial charge in [0.25, 0.3) is 5.91 Å². The van der Waals surface area contributed by atoms with E-state index in [1.807, 2.05) is 6.07 Å². The van der Waals surface area contributed by atoms with Gasteiger partial charge in [-0.15, -0.1) is 0 Å². The summed E-state index contributed by atoms with van der Waals surface area (Å²) in [5.74, 6) is -0.552. The summed E-state index contributed by atoms with van der Waals surface area (Å²) in [7, 11) is -3.61. The van der Waals surface area contributed by atoms with E-state index in [9.17, 15) is 18.0 Å². The van der Waals surface area contributed by atoms with Crippen molar-refractivity contribution in [2.45, 2.75) is 18.2 Å². The minimum Gasteiger partial charge on any atom is -0.352 e. The van der Waals surface area contributed by atoms with Crippen molar-refractivity contribution in [1.29, 1.82) is 0 Å². The second-order valence-corrected chi connectivity index (χ2v) is 9.22. The Morgan fingerprint density at radius 2 is 1.68 bits per heavy atom. The minimum absolute atomic E-state index is 0.0779. The van der Waals surface area contributed by atoms with Crippen LogP contribution in [0.3, 0.4) is 0 Å². The van der Waals surface area contributed by atoms with Crippen LogP contribution in [0.2, 0.25) is 0 Å². The van der Waals surface area contributed by atoms with Gasteiger partial charge in [-0.05, 0) is 36.9 Å². The Hall–Kier alpha value is -2.75. The summed E-state index contributed by atoms with van der Waals surface area (Å²) in [6.07, 6.45) is 0.0779. The molecule has 166 valence electrons. The van der Waals surface area contributed by atoms with Crippen molar-refractivity contribution in [3.05, 3.63) is 60.2 Å². The van der Waals surface area contributed by atoms with Gasteiger partial charge >= 0.3 is 0 Å². The second kappa shape index (κ2) is 10.5. The maximum Gasteiger partial charge on any atom is 0.251 e. The van der Waals surface area contributed by atoms with E-state index in [4.69, 9.17) is 0 Å². The first kappa shape index (κ1) is 22.9. The Morgan fingerprint density at radius 3 is 2.35 bits per heavy atom. The Bertz CT molecular complexity index is 1000. The quantitative estimate of drug-likeness (QED) is 0.647. The molecule has 0 atom stereocenters. The topological polar surface area (TPSA) is 98.8 Å². The van der Waals surface area contributed by atoms with Gasteiger partial charge in [0, 0.05) is 50.4 Å². The van der Waals surface area contributed by atoms with Gasteiger partial charge in [0.2, 0.25) is 15.9 Å². The summed E-state index contributed by atoms with van der Waals surface area (Å²) in [6, 6.07) is 15.0. The number of sulfonamides is 1. The van der Waals surface area contributed by atoms with Crippen molar-refractivity contribution in [3.8, 4) is 0 Å². The highest BCUT2D eigenvalue weighted by molar-refractivity contribution is 7.89. The van der Waals surface area contributed by atoms with Crippen LogP contribution in [0.15, 0.2) is 59.5 Å². The molecule has 2 amide bonds. The number of amides is 2. The van der Waals surface area contributed by atoms with E-state index in [0.29, 0.717) is 37.4 Å². The molecule has 1 aliphatic rings. The summed E-state index contributed by atoms with van der Waals surface area (Å²) in [5, 5.41) is 5.40. The average molecular weight is 445 g/mol. The average Bonchev–Trinajstić information content (AvgIpc) is 2.79. The molecule has 2 N–H and O–H groups in total. The fourth-order valence-electron chi connectivity index (χ4n) is 3.37. The van der Waals surface area contributed by atoms with Gasteiger partial charge in [-0.3, -0.25) is 9.59 Å². The van der Waals surface area contributed by atoms with Crippen LogP contribution in [0.5, 0.6) is 0 Å². The number of hydrogen-bond donors (Lipinski definition) is 2. The van der Waals surface area contributed by atoms with Crippen LogP contribution < -0.4 is 10.6 Å². The summed E-state index contributed by atoms with van der Waals surface area (Å²) in [4.78, 5) is 26.6. The summed E-state index contributed by atoms with van der Waals surface area (Å²) in [5.41, 5.74) is 0.938. The second-order valence-electron chi connectivity index (χ2n) is 7.29. The first-order chi connectivity index (χ1) is 14.9. The number of carbonyl (C=O) groups is 2. The largest absolute Gasteiger partial charge is 0.352 e. The molecular formula is C22H28N4O4S. The molecular weight excluding hydrogens is 416 g/mol. The molecule has 0 aliphatic carbocycles. The van der Waals surface area contributed by atoms with Crippen LogP contribution in [0.4, 0.5) is 5.69 Å². The van der Waals surface area contributed by atoms with Crippen LogP contribution in [0, 0.1) is 0 Å². The van der Waals surface area contributed by atoms with Crippen LogP contribution in [0.25, 0.3) is 0 Å². The molecule has 3 rings (SSSR count). The molecule has 0 aromatic heterocycles. The van der Waals surface area contributed by atoms with Gasteiger partial charge in [0.05, 0.1) is 4.90 Å². The zero-order valence-corrected chi connectivity index (χ0v) is 18.4. The fourth-order valence-corrected chi connectivity index (χ4v) is 4.84. The summed E-state index contributed by atoms with van der Waals surface area (Å²) in [6.45, 7) is 5.47. The van der Waals surface area contributed by atoms with Crippen LogP contribution in [0.1, 0.15) is 23.7 Å². The lowest BCUT2D eigenvalue weighted by atomic mass is 10.2. The van der Waals surface area contributed by atoms with Crippen molar-refractivity contribution in [2.24, 2.45) is 0 Å². The highest BCUT2D eigenvalue weighted by atomic mass is 32.2. The number of benzene rings is 2. The van der Waals surface area contributed by atoms with Gasteiger partial charge in [-0.25, -0.2) is 8.42 Å². The first-order valence-corrected chi connectivity index (χ1v) is 11.8. The van der Waals surface area contributed by atoms with Gasteiger partial charge in [-0.1, -0.05) is 31.2 Å². The predicted molar refractivity (Wildman–Crippen MR) is 119 cm³/mol. The number of likely N-dealkylation sites (N-methyl/N-ethyl adjacent to an activating group) is 1. The zero-order valence-electron chi connectivity index (χ0n) is 17.6. The lowest BCUT2D eigenvalue weighted by molar-refractivity contribution is -0.116. The Kier molecular flexibility index (Phi) is 7.78. The molecule has 1 heterocycles. The van der Waals surface area contributed by atoms with Gasteiger partial charge in [0.1, 0.15) is 0 Å². The van der Waals surface area contributed by atoms with E-state index in [0.717, 1.165) is 6.54 Å². The lowest BCUT2D eigenvalue weighted by Crippen LogP contribution is -2.48. The predicted octanol–water partition coefficient (Wildman–Crippen LogP) is 1.77. The molecule has 1 fully saturated rings. The van der Waals surface area contributed by atoms with E-state index in [1.54, 1.807) is 36.4 Å². The molecule has 0 bridgehead atoms. The zero-order chi connectivity index (χ0) is 22.3. The Morgan fingerprint density at radius 1 is 0.968 bits per heavy atom. The number of anilines is 1. The van der Waals surface area contributed by atoms with E-state index < -0.39 is 10.0 Å². The number of carbonyl (C=O) groups excluding carboxylic acids is 2. The molecule has 0 unspecified atom stereocenters. The van der Waals surface area contributed by atoms with Gasteiger partial charge < -0.3 is 15.5 Å². The smallest absolute Gasteiger partial charge is 0.251 e. The molecule has 31 heavy (non-hydrogen) atoms. The monoisotopic (exact) mass is 444 g/mol. The number of piperazine rings is 1. The number of rotatable bonds is 8. The molecule has 2 aromatic carbocycles. The van der Waals surface area contributed by atoms with Crippen molar-refractivity contribution >= 4 is 27.5 Å². The fraction of sp³-hybridized carbons (Fsp3) is 0.364. The molecule has 8 nitrogen and oxygen atoms in total. The van der Waals surface area contributed by atoms with Crippen molar-refractivity contribution in [2.75, 3.05) is 44.6 Å². The number of nitrogens with zero attached hydrogens (tertiary/aromatic N) is 2. The van der Waals surface area contributed by atoms with E-state index >= 15 is 0 Å². The summed E-state index contributed by atoms with van der Waals surface area (Å²) >= 11 is 0. The molecule has 2 aromatic rings. The summed E-state index contributed by atoms with van der Waals surface area (Å²) < 4.78 is 27.4. The highest BCUT2D eigenvalue weighted by Gasteiger charge is 2.28. The molecule has 9 heteroatoms. The molecule has 1 saturated heterocycles. The molecule has 0 radical (unpaired) electrons. The maximum absolute atomic E-state index is 12.9. The van der Waals surface area contributed by atoms with Gasteiger partial charge in [0.15, 0.2) is 0 Å². The SMILES string of the molecule is CCN1CCN(S(=O)(=O)c2cccc(NC(=O)CCNC(=O)c3ccccc3)c2)CC1. The van der Waals surface area contributed by atoms with E-state index in [-0.39, 0.29) is 29.7 Å².